The number of nitrogens with one attached hydrogen (secondary N) is 1. The van der Waals surface area contributed by atoms with Crippen molar-refractivity contribution in [1.29, 1.82) is 0 Å². The molecule has 2 N–H and O–H groups in total. The van der Waals surface area contributed by atoms with Crippen molar-refractivity contribution in [2.24, 2.45) is 0 Å². The summed E-state index contributed by atoms with van der Waals surface area (Å²) in [5.74, 6) is -0.161. The maximum Gasteiger partial charge on any atom is 0.224 e. The van der Waals surface area contributed by atoms with Crippen molar-refractivity contribution in [3.05, 3.63) is 69.7 Å². The summed E-state index contributed by atoms with van der Waals surface area (Å²) in [4.78, 5) is 12.0. The second-order valence-electron chi connectivity index (χ2n) is 4.66. The Morgan fingerprint density at radius 2 is 1.52 bits per heavy atom. The number of rotatable bonds is 5. The predicted molar refractivity (Wildman–Crippen MR) is 84.6 cm³/mol. The van der Waals surface area contributed by atoms with E-state index in [1.165, 1.54) is 0 Å². The highest BCUT2D eigenvalue weighted by atomic mass is 35.5. The van der Waals surface area contributed by atoms with Crippen LogP contribution in [0.5, 0.6) is 0 Å². The number of hydrogen-bond donors (Lipinski definition) is 2. The molecule has 0 aromatic heterocycles. The molecule has 0 saturated heterocycles. The van der Waals surface area contributed by atoms with E-state index in [4.69, 9.17) is 23.2 Å². The van der Waals surface area contributed by atoms with Gasteiger partial charge in [-0.15, -0.1) is 0 Å². The van der Waals surface area contributed by atoms with Crippen molar-refractivity contribution in [2.45, 2.75) is 12.5 Å². The molecule has 0 aliphatic carbocycles. The molecule has 0 bridgehead atoms. The molecule has 110 valence electrons. The molecular formula is C16H15Cl2NO2. The topological polar surface area (TPSA) is 49.3 Å². The van der Waals surface area contributed by atoms with Gasteiger partial charge in [0, 0.05) is 10.0 Å². The van der Waals surface area contributed by atoms with Crippen LogP contribution in [-0.4, -0.2) is 17.6 Å². The molecule has 0 aliphatic heterocycles. The second kappa shape index (κ2) is 7.46. The first-order valence-electron chi connectivity index (χ1n) is 6.48. The molecule has 2 aromatic carbocycles. The fourth-order valence-corrected chi connectivity index (χ4v) is 2.21. The van der Waals surface area contributed by atoms with Gasteiger partial charge in [0.05, 0.1) is 19.1 Å². The molecule has 0 spiro atoms. The molecule has 0 saturated carbocycles. The van der Waals surface area contributed by atoms with Gasteiger partial charge in [0.15, 0.2) is 0 Å². The van der Waals surface area contributed by atoms with Crippen molar-refractivity contribution < 1.29 is 9.90 Å². The van der Waals surface area contributed by atoms with Crippen LogP contribution in [0.3, 0.4) is 0 Å². The van der Waals surface area contributed by atoms with E-state index in [0.29, 0.717) is 10.0 Å². The van der Waals surface area contributed by atoms with Crippen LogP contribution in [0.2, 0.25) is 10.0 Å². The lowest BCUT2D eigenvalue weighted by molar-refractivity contribution is -0.121. The fourth-order valence-electron chi connectivity index (χ4n) is 1.96. The molecule has 1 unspecified atom stereocenters. The first-order chi connectivity index (χ1) is 10.1. The highest BCUT2D eigenvalue weighted by molar-refractivity contribution is 6.30. The molecule has 5 heteroatoms. The summed E-state index contributed by atoms with van der Waals surface area (Å²) in [7, 11) is 0. The van der Waals surface area contributed by atoms with Gasteiger partial charge in [-0.1, -0.05) is 47.5 Å². The predicted octanol–water partition coefficient (Wildman–Crippen LogP) is 3.39. The third-order valence-electron chi connectivity index (χ3n) is 3.07. The maximum atomic E-state index is 12.0. The molecule has 1 atom stereocenters. The summed E-state index contributed by atoms with van der Waals surface area (Å²) in [6.07, 6.45) is 0.237. The average molecular weight is 324 g/mol. The summed E-state index contributed by atoms with van der Waals surface area (Å²) in [6.45, 7) is -0.173. The molecule has 21 heavy (non-hydrogen) atoms. The van der Waals surface area contributed by atoms with Gasteiger partial charge >= 0.3 is 0 Å². The average Bonchev–Trinajstić information content (AvgIpc) is 2.48. The zero-order valence-corrected chi connectivity index (χ0v) is 12.7. The van der Waals surface area contributed by atoms with E-state index < -0.39 is 6.04 Å². The number of halogens is 2. The second-order valence-corrected chi connectivity index (χ2v) is 5.53. The lowest BCUT2D eigenvalue weighted by Crippen LogP contribution is -2.31. The van der Waals surface area contributed by atoms with Gasteiger partial charge in [-0.05, 0) is 35.4 Å². The van der Waals surface area contributed by atoms with E-state index in [9.17, 15) is 9.90 Å². The van der Waals surface area contributed by atoms with Crippen LogP contribution in [-0.2, 0) is 11.2 Å². The summed E-state index contributed by atoms with van der Waals surface area (Å²) >= 11 is 11.6. The quantitative estimate of drug-likeness (QED) is 0.886. The van der Waals surface area contributed by atoms with Crippen LogP contribution in [0.25, 0.3) is 0 Å². The Morgan fingerprint density at radius 1 is 1.00 bits per heavy atom. The first-order valence-corrected chi connectivity index (χ1v) is 7.24. The van der Waals surface area contributed by atoms with Gasteiger partial charge in [-0.25, -0.2) is 0 Å². The monoisotopic (exact) mass is 323 g/mol. The number of carbonyl (C=O) groups is 1. The molecule has 2 aromatic rings. The standard InChI is InChI=1S/C16H15Cl2NO2/c17-13-5-1-11(2-6-13)9-16(21)19-15(10-20)12-3-7-14(18)8-4-12/h1-8,15,20H,9-10H2,(H,19,21). The maximum absolute atomic E-state index is 12.0. The zero-order valence-electron chi connectivity index (χ0n) is 11.2. The third-order valence-corrected chi connectivity index (χ3v) is 3.57. The van der Waals surface area contributed by atoms with Crippen molar-refractivity contribution in [3.63, 3.8) is 0 Å². The lowest BCUT2D eigenvalue weighted by atomic mass is 10.1. The SMILES string of the molecule is O=C(Cc1ccc(Cl)cc1)NC(CO)c1ccc(Cl)cc1. The van der Waals surface area contributed by atoms with Crippen molar-refractivity contribution in [2.75, 3.05) is 6.61 Å². The van der Waals surface area contributed by atoms with Crippen LogP contribution in [0, 0.1) is 0 Å². The van der Waals surface area contributed by atoms with Crippen molar-refractivity contribution >= 4 is 29.1 Å². The number of aliphatic hydroxyl groups is 1. The number of aliphatic hydroxyl groups excluding tert-OH is 1. The minimum Gasteiger partial charge on any atom is -0.394 e. The van der Waals surface area contributed by atoms with E-state index in [2.05, 4.69) is 5.32 Å². The smallest absolute Gasteiger partial charge is 0.224 e. The number of carbonyl (C=O) groups excluding carboxylic acids is 1. The molecule has 0 aliphatic rings. The normalized spacial score (nSPS) is 12.0. The summed E-state index contributed by atoms with van der Waals surface area (Å²) in [5.41, 5.74) is 1.68. The first kappa shape index (κ1) is 15.8. The largest absolute Gasteiger partial charge is 0.394 e. The Morgan fingerprint density at radius 3 is 2.05 bits per heavy atom. The van der Waals surface area contributed by atoms with Crippen LogP contribution in [0.1, 0.15) is 17.2 Å². The number of hydrogen-bond acceptors (Lipinski definition) is 2. The van der Waals surface area contributed by atoms with Gasteiger partial charge in [0.25, 0.3) is 0 Å². The summed E-state index contributed by atoms with van der Waals surface area (Å²) in [5, 5.41) is 13.5. The molecule has 0 heterocycles. The van der Waals surface area contributed by atoms with Crippen LogP contribution >= 0.6 is 23.2 Å². The molecular weight excluding hydrogens is 309 g/mol. The Hall–Kier alpha value is -1.55. The van der Waals surface area contributed by atoms with Gasteiger partial charge in [-0.3, -0.25) is 4.79 Å². The minimum atomic E-state index is -0.443. The Labute approximate surface area is 133 Å². The van der Waals surface area contributed by atoms with Gasteiger partial charge in [0.2, 0.25) is 5.91 Å². The highest BCUT2D eigenvalue weighted by Gasteiger charge is 2.13. The van der Waals surface area contributed by atoms with Crippen LogP contribution in [0.4, 0.5) is 0 Å². The van der Waals surface area contributed by atoms with E-state index in [-0.39, 0.29) is 18.9 Å². The molecule has 0 radical (unpaired) electrons. The van der Waals surface area contributed by atoms with Crippen LogP contribution < -0.4 is 5.32 Å². The Bertz CT molecular complexity index is 597. The van der Waals surface area contributed by atoms with Gasteiger partial charge in [-0.2, -0.15) is 0 Å². The van der Waals surface area contributed by atoms with Gasteiger partial charge in [0.1, 0.15) is 0 Å². The van der Waals surface area contributed by atoms with E-state index in [1.807, 2.05) is 0 Å². The zero-order chi connectivity index (χ0) is 15.2. The molecule has 3 nitrogen and oxygen atoms in total. The molecule has 1 amide bonds. The summed E-state index contributed by atoms with van der Waals surface area (Å²) < 4.78 is 0. The van der Waals surface area contributed by atoms with Crippen molar-refractivity contribution in [1.82, 2.24) is 5.32 Å². The minimum absolute atomic E-state index is 0.161. The van der Waals surface area contributed by atoms with E-state index in [1.54, 1.807) is 48.5 Å². The number of amides is 1. The fraction of sp³-hybridized carbons (Fsp3) is 0.188. The number of benzene rings is 2. The molecule has 2 rings (SSSR count). The third kappa shape index (κ3) is 4.74. The Kier molecular flexibility index (Phi) is 5.62. The highest BCUT2D eigenvalue weighted by Crippen LogP contribution is 2.16. The summed E-state index contributed by atoms with van der Waals surface area (Å²) in [6, 6.07) is 13.7. The van der Waals surface area contributed by atoms with Crippen LogP contribution in [0.15, 0.2) is 48.5 Å². The van der Waals surface area contributed by atoms with E-state index in [0.717, 1.165) is 11.1 Å². The van der Waals surface area contributed by atoms with Gasteiger partial charge < -0.3 is 10.4 Å². The molecule has 0 fully saturated rings. The van der Waals surface area contributed by atoms with E-state index >= 15 is 0 Å². The van der Waals surface area contributed by atoms with Crippen molar-refractivity contribution in [3.8, 4) is 0 Å². The lowest BCUT2D eigenvalue weighted by Gasteiger charge is -2.17. The Balaban J connectivity index is 1.99.